The number of hydrogen-bond donors (Lipinski definition) is 0. The summed E-state index contributed by atoms with van der Waals surface area (Å²) in [5.41, 5.74) is 1.09. The molecule has 0 aliphatic carbocycles. The van der Waals surface area contributed by atoms with Crippen LogP contribution < -0.4 is 4.90 Å². The van der Waals surface area contributed by atoms with Crippen LogP contribution in [0.3, 0.4) is 0 Å². The SMILES string of the molecule is Cc1cccc(N2CC(Br)CCC2C)n1. The van der Waals surface area contributed by atoms with Crippen LogP contribution >= 0.6 is 15.9 Å². The first-order valence-electron chi connectivity index (χ1n) is 5.51. The van der Waals surface area contributed by atoms with Crippen molar-refractivity contribution < 1.29 is 0 Å². The monoisotopic (exact) mass is 268 g/mol. The fraction of sp³-hybridized carbons (Fsp3) is 0.583. The van der Waals surface area contributed by atoms with E-state index in [0.717, 1.165) is 18.1 Å². The van der Waals surface area contributed by atoms with Gasteiger partial charge in [-0.1, -0.05) is 22.0 Å². The van der Waals surface area contributed by atoms with Gasteiger partial charge in [-0.15, -0.1) is 0 Å². The van der Waals surface area contributed by atoms with Crippen molar-refractivity contribution in [3.63, 3.8) is 0 Å². The number of anilines is 1. The smallest absolute Gasteiger partial charge is 0.129 e. The zero-order valence-electron chi connectivity index (χ0n) is 9.28. The van der Waals surface area contributed by atoms with E-state index in [0.29, 0.717) is 10.9 Å². The molecule has 2 nitrogen and oxygen atoms in total. The number of alkyl halides is 1. The molecule has 2 rings (SSSR count). The van der Waals surface area contributed by atoms with Gasteiger partial charge in [-0.25, -0.2) is 4.98 Å². The van der Waals surface area contributed by atoms with Gasteiger partial charge in [0.2, 0.25) is 0 Å². The molecular formula is C12H17BrN2. The molecule has 15 heavy (non-hydrogen) atoms. The summed E-state index contributed by atoms with van der Waals surface area (Å²) in [5.74, 6) is 1.12. The molecule has 1 aromatic rings. The van der Waals surface area contributed by atoms with Gasteiger partial charge in [-0.2, -0.15) is 0 Å². The van der Waals surface area contributed by atoms with Gasteiger partial charge in [0.15, 0.2) is 0 Å². The van der Waals surface area contributed by atoms with Gasteiger partial charge in [-0.3, -0.25) is 0 Å². The molecule has 1 fully saturated rings. The molecule has 0 aromatic carbocycles. The van der Waals surface area contributed by atoms with Crippen LogP contribution in [0.1, 0.15) is 25.5 Å². The van der Waals surface area contributed by atoms with Crippen LogP contribution in [0.25, 0.3) is 0 Å². The number of aryl methyl sites for hydroxylation is 1. The molecule has 0 amide bonds. The first kappa shape index (κ1) is 10.9. The van der Waals surface area contributed by atoms with Crippen molar-refractivity contribution in [3.05, 3.63) is 23.9 Å². The number of piperidine rings is 1. The molecule has 0 spiro atoms. The Morgan fingerprint density at radius 3 is 2.93 bits per heavy atom. The maximum Gasteiger partial charge on any atom is 0.129 e. The van der Waals surface area contributed by atoms with Crippen LogP contribution in [0.2, 0.25) is 0 Å². The Kier molecular flexibility index (Phi) is 3.29. The third-order valence-corrected chi connectivity index (χ3v) is 3.74. The second-order valence-corrected chi connectivity index (χ2v) is 5.61. The summed E-state index contributed by atoms with van der Waals surface area (Å²) in [6, 6.07) is 6.84. The highest BCUT2D eigenvalue weighted by Crippen LogP contribution is 2.26. The van der Waals surface area contributed by atoms with Crippen molar-refractivity contribution in [2.24, 2.45) is 0 Å². The van der Waals surface area contributed by atoms with Gasteiger partial charge in [0.25, 0.3) is 0 Å². The van der Waals surface area contributed by atoms with E-state index >= 15 is 0 Å². The van der Waals surface area contributed by atoms with Crippen LogP contribution in [0, 0.1) is 6.92 Å². The molecular weight excluding hydrogens is 252 g/mol. The molecule has 0 N–H and O–H groups in total. The summed E-state index contributed by atoms with van der Waals surface area (Å²) in [6.07, 6.45) is 2.51. The highest BCUT2D eigenvalue weighted by molar-refractivity contribution is 9.09. The summed E-state index contributed by atoms with van der Waals surface area (Å²) in [6.45, 7) is 5.39. The fourth-order valence-electron chi connectivity index (χ4n) is 2.07. The van der Waals surface area contributed by atoms with E-state index in [2.05, 4.69) is 44.9 Å². The van der Waals surface area contributed by atoms with Crippen molar-refractivity contribution in [2.75, 3.05) is 11.4 Å². The minimum Gasteiger partial charge on any atom is -0.353 e. The fourth-order valence-corrected chi connectivity index (χ4v) is 2.65. The first-order chi connectivity index (χ1) is 7.16. The first-order valence-corrected chi connectivity index (χ1v) is 6.43. The van der Waals surface area contributed by atoms with E-state index in [4.69, 9.17) is 0 Å². The minimum atomic E-state index is 0.605. The summed E-state index contributed by atoms with van der Waals surface area (Å²) in [7, 11) is 0. The molecule has 3 heteroatoms. The molecule has 0 saturated carbocycles. The third kappa shape index (κ3) is 2.51. The second-order valence-electron chi connectivity index (χ2n) is 4.31. The van der Waals surface area contributed by atoms with E-state index in [9.17, 15) is 0 Å². The molecule has 1 aromatic heterocycles. The number of hydrogen-bond acceptors (Lipinski definition) is 2. The average molecular weight is 269 g/mol. The van der Waals surface area contributed by atoms with Crippen LogP contribution in [0.4, 0.5) is 5.82 Å². The summed E-state index contributed by atoms with van der Waals surface area (Å²) >= 11 is 3.70. The summed E-state index contributed by atoms with van der Waals surface area (Å²) in [5, 5.41) is 0. The Labute approximate surface area is 99.8 Å². The van der Waals surface area contributed by atoms with Crippen molar-refractivity contribution in [1.82, 2.24) is 4.98 Å². The number of aromatic nitrogens is 1. The number of rotatable bonds is 1. The number of nitrogens with zero attached hydrogens (tertiary/aromatic N) is 2. The Bertz CT molecular complexity index is 340. The molecule has 82 valence electrons. The number of halogens is 1. The van der Waals surface area contributed by atoms with Crippen molar-refractivity contribution in [1.29, 1.82) is 0 Å². The molecule has 1 saturated heterocycles. The van der Waals surface area contributed by atoms with Crippen LogP contribution in [0.15, 0.2) is 18.2 Å². The Hall–Kier alpha value is -0.570. The normalized spacial score (nSPS) is 26.7. The highest BCUT2D eigenvalue weighted by atomic mass is 79.9. The van der Waals surface area contributed by atoms with Crippen LogP contribution in [0.5, 0.6) is 0 Å². The second kappa shape index (κ2) is 4.52. The van der Waals surface area contributed by atoms with Crippen molar-refractivity contribution >= 4 is 21.7 Å². The van der Waals surface area contributed by atoms with E-state index in [-0.39, 0.29) is 0 Å². The quantitative estimate of drug-likeness (QED) is 0.728. The Balaban J connectivity index is 2.21. The van der Waals surface area contributed by atoms with Crippen molar-refractivity contribution in [3.8, 4) is 0 Å². The van der Waals surface area contributed by atoms with Crippen molar-refractivity contribution in [2.45, 2.75) is 37.6 Å². The lowest BCUT2D eigenvalue weighted by molar-refractivity contribution is 0.493. The molecule has 2 heterocycles. The van der Waals surface area contributed by atoms with Gasteiger partial charge < -0.3 is 4.90 Å². The Morgan fingerprint density at radius 1 is 1.40 bits per heavy atom. The van der Waals surface area contributed by atoms with Gasteiger partial charge in [0.05, 0.1) is 0 Å². The lowest BCUT2D eigenvalue weighted by atomic mass is 10.0. The molecule has 0 bridgehead atoms. The van der Waals surface area contributed by atoms with E-state index in [1.807, 2.05) is 13.0 Å². The lowest BCUT2D eigenvalue weighted by Crippen LogP contribution is -2.42. The van der Waals surface area contributed by atoms with Crippen LogP contribution in [-0.2, 0) is 0 Å². The predicted octanol–water partition coefficient (Wildman–Crippen LogP) is 3.14. The average Bonchev–Trinajstić information content (AvgIpc) is 2.22. The van der Waals surface area contributed by atoms with Crippen LogP contribution in [-0.4, -0.2) is 22.4 Å². The lowest BCUT2D eigenvalue weighted by Gasteiger charge is -2.37. The number of pyridine rings is 1. The highest BCUT2D eigenvalue weighted by Gasteiger charge is 2.24. The zero-order valence-corrected chi connectivity index (χ0v) is 10.9. The maximum atomic E-state index is 4.59. The van der Waals surface area contributed by atoms with Gasteiger partial charge in [0, 0.05) is 23.1 Å². The predicted molar refractivity (Wildman–Crippen MR) is 67.7 cm³/mol. The molecule has 1 aliphatic rings. The summed E-state index contributed by atoms with van der Waals surface area (Å²) < 4.78 is 0. The van der Waals surface area contributed by atoms with Gasteiger partial charge in [-0.05, 0) is 38.8 Å². The topological polar surface area (TPSA) is 16.1 Å². The summed E-state index contributed by atoms with van der Waals surface area (Å²) in [4.78, 5) is 7.59. The van der Waals surface area contributed by atoms with Gasteiger partial charge in [0.1, 0.15) is 5.82 Å². The minimum absolute atomic E-state index is 0.605. The molecule has 2 unspecified atom stereocenters. The Morgan fingerprint density at radius 2 is 2.20 bits per heavy atom. The molecule has 2 atom stereocenters. The third-order valence-electron chi connectivity index (χ3n) is 2.99. The van der Waals surface area contributed by atoms with E-state index < -0.39 is 0 Å². The molecule has 0 radical (unpaired) electrons. The van der Waals surface area contributed by atoms with E-state index in [1.54, 1.807) is 0 Å². The van der Waals surface area contributed by atoms with Gasteiger partial charge >= 0.3 is 0 Å². The zero-order chi connectivity index (χ0) is 10.8. The largest absolute Gasteiger partial charge is 0.353 e. The van der Waals surface area contributed by atoms with E-state index in [1.165, 1.54) is 12.8 Å². The standard InChI is InChI=1S/C12H17BrN2/c1-9-4-3-5-12(14-9)15-8-11(13)7-6-10(15)2/h3-5,10-11H,6-8H2,1-2H3. The maximum absolute atomic E-state index is 4.59. The molecule has 1 aliphatic heterocycles.